The van der Waals surface area contributed by atoms with Crippen LogP contribution in [0.2, 0.25) is 10.0 Å². The summed E-state index contributed by atoms with van der Waals surface area (Å²) in [5, 5.41) is 3.20. The molecule has 7 nitrogen and oxygen atoms in total. The molecule has 0 unspecified atom stereocenters. The Morgan fingerprint density at radius 1 is 1.03 bits per heavy atom. The highest BCUT2D eigenvalue weighted by Gasteiger charge is 2.28. The van der Waals surface area contributed by atoms with Crippen molar-refractivity contribution in [1.29, 1.82) is 0 Å². The number of anilines is 2. The summed E-state index contributed by atoms with van der Waals surface area (Å²) < 4.78 is 30.4. The van der Waals surface area contributed by atoms with Crippen molar-refractivity contribution in [3.8, 4) is 0 Å². The van der Waals surface area contributed by atoms with E-state index in [1.54, 1.807) is 34.9 Å². The molecule has 0 saturated heterocycles. The van der Waals surface area contributed by atoms with Gasteiger partial charge < -0.3 is 5.32 Å². The molecule has 0 spiro atoms. The molecule has 182 valence electrons. The van der Waals surface area contributed by atoms with Crippen LogP contribution in [0.4, 0.5) is 11.4 Å². The largest absolute Gasteiger partial charge is 0.324 e. The van der Waals surface area contributed by atoms with Gasteiger partial charge in [-0.2, -0.15) is 0 Å². The molecule has 0 aliphatic heterocycles. The monoisotopic (exact) mass is 549 g/mol. The van der Waals surface area contributed by atoms with E-state index in [4.69, 9.17) is 23.2 Å². The van der Waals surface area contributed by atoms with Crippen LogP contribution in [0.1, 0.15) is 12.5 Å². The van der Waals surface area contributed by atoms with Crippen LogP contribution in [0.5, 0.6) is 0 Å². The second kappa shape index (κ2) is 10.0. The van der Waals surface area contributed by atoms with E-state index in [1.807, 2.05) is 13.8 Å². The molecule has 0 bridgehead atoms. The van der Waals surface area contributed by atoms with Crippen LogP contribution >= 0.6 is 34.5 Å². The summed E-state index contributed by atoms with van der Waals surface area (Å²) in [6, 6.07) is 15.8. The van der Waals surface area contributed by atoms with Crippen LogP contribution in [0.15, 0.2) is 70.4 Å². The molecular formula is C24H21Cl2N3O4S2. The van der Waals surface area contributed by atoms with E-state index in [1.165, 1.54) is 30.3 Å². The summed E-state index contributed by atoms with van der Waals surface area (Å²) in [6.07, 6.45) is 0. The Labute approximate surface area is 216 Å². The number of carbonyl (C=O) groups excluding carboxylic acids is 1. The summed E-state index contributed by atoms with van der Waals surface area (Å²) in [5.74, 6) is -0.571. The molecule has 11 heteroatoms. The van der Waals surface area contributed by atoms with Gasteiger partial charge in [-0.15, -0.1) is 0 Å². The van der Waals surface area contributed by atoms with E-state index in [0.29, 0.717) is 12.2 Å². The van der Waals surface area contributed by atoms with Gasteiger partial charge >= 0.3 is 4.87 Å². The van der Waals surface area contributed by atoms with Crippen molar-refractivity contribution in [3.63, 3.8) is 0 Å². The number of benzene rings is 3. The number of sulfonamides is 1. The molecule has 1 amide bonds. The number of amides is 1. The number of thiazole rings is 1. The number of nitrogens with one attached hydrogen (secondary N) is 1. The topological polar surface area (TPSA) is 88.5 Å². The van der Waals surface area contributed by atoms with E-state index in [2.05, 4.69) is 5.32 Å². The second-order valence-corrected chi connectivity index (χ2v) is 11.5. The molecule has 35 heavy (non-hydrogen) atoms. The Kier molecular flexibility index (Phi) is 7.23. The Bertz CT molecular complexity index is 1560. The summed E-state index contributed by atoms with van der Waals surface area (Å²) in [6.45, 7) is 3.75. The maximum Gasteiger partial charge on any atom is 0.308 e. The van der Waals surface area contributed by atoms with Gasteiger partial charge in [0, 0.05) is 22.3 Å². The van der Waals surface area contributed by atoms with E-state index >= 15 is 0 Å². The number of halogens is 2. The van der Waals surface area contributed by atoms with Crippen molar-refractivity contribution >= 4 is 72.1 Å². The van der Waals surface area contributed by atoms with Gasteiger partial charge in [0.05, 0.1) is 20.8 Å². The predicted molar refractivity (Wildman–Crippen MR) is 143 cm³/mol. The number of rotatable bonds is 7. The first-order valence-corrected chi connectivity index (χ1v) is 13.6. The lowest BCUT2D eigenvalue weighted by molar-refractivity contribution is -0.114. The zero-order valence-corrected chi connectivity index (χ0v) is 21.9. The molecule has 0 atom stereocenters. The smallest absolute Gasteiger partial charge is 0.308 e. The van der Waals surface area contributed by atoms with Crippen LogP contribution in [-0.4, -0.2) is 25.4 Å². The maximum absolute atomic E-state index is 13.5. The highest BCUT2D eigenvalue weighted by atomic mass is 35.5. The molecule has 4 aromatic rings. The number of aromatic nitrogens is 1. The zero-order valence-electron chi connectivity index (χ0n) is 18.8. The number of nitrogens with zero attached hydrogens (tertiary/aromatic N) is 2. The third-order valence-corrected chi connectivity index (χ3v) is 8.47. The van der Waals surface area contributed by atoms with Gasteiger partial charge in [0.1, 0.15) is 6.54 Å². The SMILES string of the molecule is CCn1c(=O)sc2cc(NC(=O)CN(c3cc(Cl)cc(Cl)c3)S(=O)(=O)c3ccc(C)cc3)ccc21. The molecule has 0 fully saturated rings. The molecule has 0 aliphatic carbocycles. The van der Waals surface area contributed by atoms with Gasteiger partial charge in [-0.1, -0.05) is 52.2 Å². The summed E-state index contributed by atoms with van der Waals surface area (Å²) in [5.41, 5.74) is 2.28. The van der Waals surface area contributed by atoms with Gasteiger partial charge in [-0.25, -0.2) is 8.42 Å². The molecule has 1 N–H and O–H groups in total. The van der Waals surface area contributed by atoms with Crippen molar-refractivity contribution in [2.45, 2.75) is 25.3 Å². The van der Waals surface area contributed by atoms with Crippen molar-refractivity contribution in [2.75, 3.05) is 16.2 Å². The highest BCUT2D eigenvalue weighted by molar-refractivity contribution is 7.92. The van der Waals surface area contributed by atoms with Gasteiger partial charge in [-0.05, 0) is 62.4 Å². The number of hydrogen-bond donors (Lipinski definition) is 1. The summed E-state index contributed by atoms with van der Waals surface area (Å²) >= 11 is 13.3. The molecule has 0 radical (unpaired) electrons. The minimum atomic E-state index is -4.12. The fourth-order valence-corrected chi connectivity index (χ4v) is 6.52. The number of hydrogen-bond acceptors (Lipinski definition) is 5. The number of carbonyl (C=O) groups is 1. The number of aryl methyl sites for hydroxylation is 2. The fraction of sp³-hybridized carbons (Fsp3) is 0.167. The van der Waals surface area contributed by atoms with Gasteiger partial charge in [0.2, 0.25) is 5.91 Å². The quantitative estimate of drug-likeness (QED) is 0.328. The normalized spacial score (nSPS) is 11.5. The fourth-order valence-electron chi connectivity index (χ4n) is 3.61. The first-order chi connectivity index (χ1) is 16.6. The first kappa shape index (κ1) is 25.2. The third kappa shape index (κ3) is 5.38. The van der Waals surface area contributed by atoms with Crippen molar-refractivity contribution < 1.29 is 13.2 Å². The average Bonchev–Trinajstić information content (AvgIpc) is 3.11. The molecule has 0 saturated carbocycles. The van der Waals surface area contributed by atoms with E-state index in [0.717, 1.165) is 31.4 Å². The molecule has 3 aromatic carbocycles. The van der Waals surface area contributed by atoms with Crippen LogP contribution in [0, 0.1) is 6.92 Å². The van der Waals surface area contributed by atoms with E-state index in [9.17, 15) is 18.0 Å². The highest BCUT2D eigenvalue weighted by Crippen LogP contribution is 2.30. The molecule has 1 heterocycles. The van der Waals surface area contributed by atoms with Crippen LogP contribution in [-0.2, 0) is 21.4 Å². The minimum Gasteiger partial charge on any atom is -0.324 e. The lowest BCUT2D eigenvalue weighted by atomic mass is 10.2. The lowest BCUT2D eigenvalue weighted by Gasteiger charge is -2.24. The first-order valence-electron chi connectivity index (χ1n) is 10.6. The number of fused-ring (bicyclic) bond motifs is 1. The molecule has 1 aromatic heterocycles. The zero-order chi connectivity index (χ0) is 25.3. The van der Waals surface area contributed by atoms with E-state index < -0.39 is 22.5 Å². The van der Waals surface area contributed by atoms with Crippen molar-refractivity contribution in [1.82, 2.24) is 4.57 Å². The Hall–Kier alpha value is -2.85. The second-order valence-electron chi connectivity index (χ2n) is 7.80. The Balaban J connectivity index is 1.67. The van der Waals surface area contributed by atoms with Crippen LogP contribution in [0.25, 0.3) is 10.2 Å². The van der Waals surface area contributed by atoms with Gasteiger partial charge in [0.25, 0.3) is 10.0 Å². The minimum absolute atomic E-state index is 0.0269. The van der Waals surface area contributed by atoms with Crippen molar-refractivity contribution in [3.05, 3.63) is 85.9 Å². The van der Waals surface area contributed by atoms with Crippen molar-refractivity contribution in [2.24, 2.45) is 0 Å². The molecular weight excluding hydrogens is 529 g/mol. The average molecular weight is 550 g/mol. The van der Waals surface area contributed by atoms with Gasteiger partial charge in [-0.3, -0.25) is 18.5 Å². The summed E-state index contributed by atoms with van der Waals surface area (Å²) in [4.78, 5) is 25.1. The predicted octanol–water partition coefficient (Wildman–Crippen LogP) is 5.53. The molecule has 4 rings (SSSR count). The van der Waals surface area contributed by atoms with Crippen LogP contribution < -0.4 is 14.5 Å². The van der Waals surface area contributed by atoms with Gasteiger partial charge in [0.15, 0.2) is 0 Å². The van der Waals surface area contributed by atoms with E-state index in [-0.39, 0.29) is 25.5 Å². The third-order valence-electron chi connectivity index (χ3n) is 5.30. The Morgan fingerprint density at radius 3 is 2.31 bits per heavy atom. The summed E-state index contributed by atoms with van der Waals surface area (Å²) in [7, 11) is -4.12. The lowest BCUT2D eigenvalue weighted by Crippen LogP contribution is -2.38. The van der Waals surface area contributed by atoms with Crippen LogP contribution in [0.3, 0.4) is 0 Å². The Morgan fingerprint density at radius 2 is 1.69 bits per heavy atom. The molecule has 0 aliphatic rings. The standard InChI is InChI=1S/C24H21Cl2N3O4S2/c1-3-28-21-9-6-18(13-22(21)34-24(28)31)27-23(30)14-29(19-11-16(25)10-17(26)12-19)35(32,33)20-7-4-15(2)5-8-20/h4-13H,3,14H2,1-2H3,(H,27,30). The maximum atomic E-state index is 13.5.